The van der Waals surface area contributed by atoms with Crippen molar-refractivity contribution in [3.8, 4) is 12.3 Å². The predicted molar refractivity (Wildman–Crippen MR) is 111 cm³/mol. The Morgan fingerprint density at radius 3 is 2.76 bits per heavy atom. The minimum Gasteiger partial charge on any atom is -0.338 e. The van der Waals surface area contributed by atoms with Crippen LogP contribution in [0.2, 0.25) is 0 Å². The van der Waals surface area contributed by atoms with Crippen LogP contribution < -0.4 is 5.32 Å². The molecule has 1 aromatic heterocycles. The Morgan fingerprint density at radius 1 is 1.17 bits per heavy atom. The SMILES string of the molecule is C#CC(=O)Nc1ccc(C(=O)N2CC[C@@H](Cc3ncc4ccccc4n3)C2)cc1. The fourth-order valence-corrected chi connectivity index (χ4v) is 3.60. The largest absolute Gasteiger partial charge is 0.338 e. The van der Waals surface area contributed by atoms with Gasteiger partial charge >= 0.3 is 0 Å². The summed E-state index contributed by atoms with van der Waals surface area (Å²) in [5.41, 5.74) is 2.10. The van der Waals surface area contributed by atoms with Gasteiger partial charge in [0.2, 0.25) is 0 Å². The zero-order valence-electron chi connectivity index (χ0n) is 15.8. The Bertz CT molecular complexity index is 1100. The summed E-state index contributed by atoms with van der Waals surface area (Å²) in [5.74, 6) is 2.63. The fourth-order valence-electron chi connectivity index (χ4n) is 3.60. The number of carbonyl (C=O) groups excluding carboxylic acids is 2. The molecule has 6 heteroatoms. The molecule has 0 aliphatic carbocycles. The highest BCUT2D eigenvalue weighted by Gasteiger charge is 2.27. The maximum atomic E-state index is 12.8. The van der Waals surface area contributed by atoms with E-state index in [-0.39, 0.29) is 5.91 Å². The number of para-hydroxylation sites is 1. The van der Waals surface area contributed by atoms with E-state index in [0.29, 0.717) is 30.3 Å². The Hall–Kier alpha value is -3.72. The second-order valence-corrected chi connectivity index (χ2v) is 7.13. The summed E-state index contributed by atoms with van der Waals surface area (Å²) in [4.78, 5) is 35.0. The van der Waals surface area contributed by atoms with Crippen LogP contribution in [0, 0.1) is 18.3 Å². The van der Waals surface area contributed by atoms with E-state index in [4.69, 9.17) is 6.42 Å². The molecule has 1 aliphatic heterocycles. The average molecular weight is 384 g/mol. The fraction of sp³-hybridized carbons (Fsp3) is 0.217. The molecule has 1 aliphatic rings. The number of nitrogens with zero attached hydrogens (tertiary/aromatic N) is 3. The first kappa shape index (κ1) is 18.6. The number of likely N-dealkylation sites (tertiary alicyclic amines) is 1. The van der Waals surface area contributed by atoms with Crippen LogP contribution in [-0.2, 0) is 11.2 Å². The molecule has 144 valence electrons. The molecule has 0 radical (unpaired) electrons. The van der Waals surface area contributed by atoms with Gasteiger partial charge in [-0.15, -0.1) is 6.42 Å². The lowest BCUT2D eigenvalue weighted by Gasteiger charge is -2.17. The zero-order chi connectivity index (χ0) is 20.2. The van der Waals surface area contributed by atoms with Gasteiger partial charge in [0.1, 0.15) is 5.82 Å². The number of fused-ring (bicyclic) bond motifs is 1. The van der Waals surface area contributed by atoms with E-state index in [9.17, 15) is 9.59 Å². The van der Waals surface area contributed by atoms with Crippen molar-refractivity contribution in [2.75, 3.05) is 18.4 Å². The summed E-state index contributed by atoms with van der Waals surface area (Å²) in [6.07, 6.45) is 8.59. The summed E-state index contributed by atoms with van der Waals surface area (Å²) >= 11 is 0. The van der Waals surface area contributed by atoms with Gasteiger partial charge < -0.3 is 10.2 Å². The number of hydrogen-bond donors (Lipinski definition) is 1. The molecule has 1 fully saturated rings. The number of terminal acetylenes is 1. The Labute approximate surface area is 169 Å². The van der Waals surface area contributed by atoms with Gasteiger partial charge in [-0.3, -0.25) is 9.59 Å². The molecule has 3 aromatic rings. The number of nitrogens with one attached hydrogen (secondary N) is 1. The van der Waals surface area contributed by atoms with Crippen LogP contribution >= 0.6 is 0 Å². The van der Waals surface area contributed by atoms with E-state index in [1.807, 2.05) is 41.3 Å². The van der Waals surface area contributed by atoms with Crippen LogP contribution in [0.25, 0.3) is 10.9 Å². The van der Waals surface area contributed by atoms with Crippen LogP contribution in [0.15, 0.2) is 54.7 Å². The van der Waals surface area contributed by atoms with Gasteiger partial charge in [-0.05, 0) is 48.6 Å². The molecule has 29 heavy (non-hydrogen) atoms. The molecule has 4 rings (SSSR count). The van der Waals surface area contributed by atoms with Gasteiger partial charge in [0.05, 0.1) is 5.52 Å². The standard InChI is InChI=1S/C23H20N4O2/c1-2-22(28)25-19-9-7-17(8-10-19)23(29)27-12-11-16(15-27)13-21-24-14-18-5-3-4-6-20(18)26-21/h1,3-10,14,16H,11-13,15H2,(H,25,28)/t16-/m0/s1. The molecule has 2 amide bonds. The second-order valence-electron chi connectivity index (χ2n) is 7.13. The third kappa shape index (κ3) is 4.25. The second kappa shape index (κ2) is 8.11. The summed E-state index contributed by atoms with van der Waals surface area (Å²) < 4.78 is 0. The average Bonchev–Trinajstić information content (AvgIpc) is 3.22. The lowest BCUT2D eigenvalue weighted by atomic mass is 10.0. The smallest absolute Gasteiger partial charge is 0.300 e. The number of amides is 2. The minimum absolute atomic E-state index is 0.0123. The van der Waals surface area contributed by atoms with E-state index >= 15 is 0 Å². The number of rotatable bonds is 4. The normalized spacial score (nSPS) is 15.8. The predicted octanol–water partition coefficient (Wildman–Crippen LogP) is 2.91. The third-order valence-electron chi connectivity index (χ3n) is 5.10. The molecule has 6 nitrogen and oxygen atoms in total. The molecule has 0 unspecified atom stereocenters. The van der Waals surface area contributed by atoms with Crippen LogP contribution in [0.1, 0.15) is 22.6 Å². The third-order valence-corrected chi connectivity index (χ3v) is 5.10. The summed E-state index contributed by atoms with van der Waals surface area (Å²) in [7, 11) is 0. The van der Waals surface area contributed by atoms with Gasteiger partial charge in [-0.2, -0.15) is 0 Å². The lowest BCUT2D eigenvalue weighted by molar-refractivity contribution is -0.111. The van der Waals surface area contributed by atoms with E-state index in [2.05, 4.69) is 15.3 Å². The van der Waals surface area contributed by atoms with Crippen molar-refractivity contribution < 1.29 is 9.59 Å². The lowest BCUT2D eigenvalue weighted by Crippen LogP contribution is -2.29. The summed E-state index contributed by atoms with van der Waals surface area (Å²) in [5, 5.41) is 3.59. The van der Waals surface area contributed by atoms with E-state index < -0.39 is 5.91 Å². The monoisotopic (exact) mass is 384 g/mol. The number of aromatic nitrogens is 2. The number of benzene rings is 2. The Morgan fingerprint density at radius 2 is 1.97 bits per heavy atom. The summed E-state index contributed by atoms with van der Waals surface area (Å²) in [6.45, 7) is 1.40. The van der Waals surface area contributed by atoms with Gasteiger partial charge in [-0.1, -0.05) is 18.2 Å². The van der Waals surface area contributed by atoms with Gasteiger partial charge in [0, 0.05) is 42.3 Å². The van der Waals surface area contributed by atoms with Gasteiger partial charge in [-0.25, -0.2) is 9.97 Å². The van der Waals surface area contributed by atoms with Crippen molar-refractivity contribution in [1.29, 1.82) is 0 Å². The minimum atomic E-state index is -0.512. The summed E-state index contributed by atoms with van der Waals surface area (Å²) in [6, 6.07) is 14.7. The van der Waals surface area contributed by atoms with Crippen molar-refractivity contribution >= 4 is 28.4 Å². The van der Waals surface area contributed by atoms with Crippen LogP contribution in [0.5, 0.6) is 0 Å². The topological polar surface area (TPSA) is 75.2 Å². The maximum Gasteiger partial charge on any atom is 0.300 e. The number of anilines is 1. The Balaban J connectivity index is 1.38. The van der Waals surface area contributed by atoms with Crippen molar-refractivity contribution in [1.82, 2.24) is 14.9 Å². The molecule has 0 saturated carbocycles. The molecule has 2 aromatic carbocycles. The van der Waals surface area contributed by atoms with Crippen molar-refractivity contribution in [2.45, 2.75) is 12.8 Å². The van der Waals surface area contributed by atoms with Crippen LogP contribution in [0.4, 0.5) is 5.69 Å². The maximum absolute atomic E-state index is 12.8. The highest BCUT2D eigenvalue weighted by atomic mass is 16.2. The highest BCUT2D eigenvalue weighted by molar-refractivity contribution is 6.03. The number of carbonyl (C=O) groups is 2. The molecular weight excluding hydrogens is 364 g/mol. The molecule has 0 spiro atoms. The van der Waals surface area contributed by atoms with Crippen molar-refractivity contribution in [3.05, 3.63) is 66.1 Å². The molecule has 1 atom stereocenters. The highest BCUT2D eigenvalue weighted by Crippen LogP contribution is 2.23. The molecule has 2 heterocycles. The quantitative estimate of drug-likeness (QED) is 0.702. The zero-order valence-corrected chi connectivity index (χ0v) is 15.8. The molecular formula is C23H20N4O2. The van der Waals surface area contributed by atoms with Gasteiger partial charge in [0.25, 0.3) is 11.8 Å². The van der Waals surface area contributed by atoms with Crippen LogP contribution in [0.3, 0.4) is 0 Å². The molecule has 1 N–H and O–H groups in total. The first-order valence-electron chi connectivity index (χ1n) is 9.50. The van der Waals surface area contributed by atoms with E-state index in [0.717, 1.165) is 29.6 Å². The van der Waals surface area contributed by atoms with E-state index in [1.54, 1.807) is 24.3 Å². The van der Waals surface area contributed by atoms with Crippen molar-refractivity contribution in [2.24, 2.45) is 5.92 Å². The first-order valence-corrected chi connectivity index (χ1v) is 9.50. The van der Waals surface area contributed by atoms with Gasteiger partial charge in [0.15, 0.2) is 0 Å². The van der Waals surface area contributed by atoms with Crippen molar-refractivity contribution in [3.63, 3.8) is 0 Å². The molecule has 0 bridgehead atoms. The number of hydrogen-bond acceptors (Lipinski definition) is 4. The first-order chi connectivity index (χ1) is 14.1. The van der Waals surface area contributed by atoms with E-state index in [1.165, 1.54) is 0 Å². The molecule has 1 saturated heterocycles. The van der Waals surface area contributed by atoms with Crippen LogP contribution in [-0.4, -0.2) is 39.8 Å². The Kier molecular flexibility index (Phi) is 5.21.